The Labute approximate surface area is 96.5 Å². The largest absolute Gasteiger partial charge is 0.469 e. The van der Waals surface area contributed by atoms with E-state index in [0.29, 0.717) is 0 Å². The minimum absolute atomic E-state index is 0.745. The fraction of sp³-hybridized carbons (Fsp3) is 1.00. The standard InChI is InChI=1S/C7H15O9P/c1-7(11)6(10)5(9)4(8)3(16-7)2-15-17(12,13)14/h3-6,8-11H,2H2,1H3,(H2,12,13,14)/t3-,4-,5+,6-,7+/m1/s1. The normalized spacial score (nSPS) is 43.7. The zero-order chi connectivity index (χ0) is 13.4. The van der Waals surface area contributed by atoms with Gasteiger partial charge in [-0.05, 0) is 6.92 Å². The first-order valence-electron chi connectivity index (χ1n) is 4.69. The van der Waals surface area contributed by atoms with Crippen molar-refractivity contribution in [3.63, 3.8) is 0 Å². The highest BCUT2D eigenvalue weighted by atomic mass is 31.2. The molecule has 0 aromatic carbocycles. The maximum Gasteiger partial charge on any atom is 0.469 e. The molecule has 17 heavy (non-hydrogen) atoms. The first-order valence-corrected chi connectivity index (χ1v) is 6.22. The third kappa shape index (κ3) is 3.68. The molecule has 0 bridgehead atoms. The van der Waals surface area contributed by atoms with Crippen LogP contribution < -0.4 is 0 Å². The summed E-state index contributed by atoms with van der Waals surface area (Å²) in [6.45, 7) is 0.294. The van der Waals surface area contributed by atoms with Gasteiger partial charge >= 0.3 is 7.82 Å². The van der Waals surface area contributed by atoms with Gasteiger partial charge in [-0.1, -0.05) is 0 Å². The van der Waals surface area contributed by atoms with E-state index < -0.39 is 44.6 Å². The van der Waals surface area contributed by atoms with Crippen LogP contribution >= 0.6 is 7.82 Å². The van der Waals surface area contributed by atoms with Gasteiger partial charge in [0.25, 0.3) is 0 Å². The fourth-order valence-corrected chi connectivity index (χ4v) is 1.81. The van der Waals surface area contributed by atoms with E-state index in [4.69, 9.17) is 14.5 Å². The summed E-state index contributed by atoms with van der Waals surface area (Å²) in [5.74, 6) is -2.15. The number of ether oxygens (including phenoxy) is 1. The van der Waals surface area contributed by atoms with Crippen molar-refractivity contribution in [1.29, 1.82) is 0 Å². The fourth-order valence-electron chi connectivity index (χ4n) is 1.47. The highest BCUT2D eigenvalue weighted by Gasteiger charge is 2.50. The zero-order valence-corrected chi connectivity index (χ0v) is 9.77. The van der Waals surface area contributed by atoms with Gasteiger partial charge in [0, 0.05) is 0 Å². The van der Waals surface area contributed by atoms with E-state index in [2.05, 4.69) is 4.52 Å². The van der Waals surface area contributed by atoms with Crippen molar-refractivity contribution in [2.24, 2.45) is 0 Å². The van der Waals surface area contributed by atoms with Gasteiger partial charge < -0.3 is 34.9 Å². The number of aliphatic hydroxyl groups is 4. The lowest BCUT2D eigenvalue weighted by Crippen LogP contribution is -2.64. The Hall–Kier alpha value is -0.0900. The third-order valence-corrected chi connectivity index (χ3v) is 2.89. The third-order valence-electron chi connectivity index (χ3n) is 2.40. The minimum atomic E-state index is -4.75. The van der Waals surface area contributed by atoms with Crippen LogP contribution in [0.1, 0.15) is 6.92 Å². The summed E-state index contributed by atoms with van der Waals surface area (Å²) < 4.78 is 19.3. The van der Waals surface area contributed by atoms with Crippen LogP contribution in [-0.4, -0.2) is 67.0 Å². The molecule has 6 N–H and O–H groups in total. The van der Waals surface area contributed by atoms with Gasteiger partial charge in [-0.2, -0.15) is 0 Å². The van der Waals surface area contributed by atoms with Crippen LogP contribution in [0.25, 0.3) is 0 Å². The van der Waals surface area contributed by atoms with Gasteiger partial charge in [0.1, 0.15) is 24.4 Å². The van der Waals surface area contributed by atoms with Gasteiger partial charge in [-0.25, -0.2) is 4.57 Å². The molecule has 1 rings (SSSR count). The molecule has 1 saturated heterocycles. The van der Waals surface area contributed by atoms with Crippen LogP contribution in [0.4, 0.5) is 0 Å². The van der Waals surface area contributed by atoms with Crippen molar-refractivity contribution in [2.45, 2.75) is 37.1 Å². The van der Waals surface area contributed by atoms with Crippen LogP contribution in [0.2, 0.25) is 0 Å². The lowest BCUT2D eigenvalue weighted by atomic mass is 9.94. The Balaban J connectivity index is 2.70. The summed E-state index contributed by atoms with van der Waals surface area (Å²) in [6, 6.07) is 0. The summed E-state index contributed by atoms with van der Waals surface area (Å²) in [5, 5.41) is 37.7. The van der Waals surface area contributed by atoms with Gasteiger partial charge in [-0.15, -0.1) is 0 Å². The molecule has 0 spiro atoms. The van der Waals surface area contributed by atoms with Crippen molar-refractivity contribution < 1.29 is 44.0 Å². The number of hydrogen-bond donors (Lipinski definition) is 6. The first-order chi connectivity index (χ1) is 7.54. The molecule has 0 aromatic heterocycles. The van der Waals surface area contributed by atoms with Gasteiger partial charge in [0.05, 0.1) is 6.61 Å². The van der Waals surface area contributed by atoms with Gasteiger partial charge in [0.2, 0.25) is 0 Å². The Morgan fingerprint density at radius 2 is 1.82 bits per heavy atom. The lowest BCUT2D eigenvalue weighted by molar-refractivity contribution is -0.340. The molecule has 5 atom stereocenters. The Morgan fingerprint density at radius 1 is 1.29 bits per heavy atom. The van der Waals surface area contributed by atoms with E-state index in [-0.39, 0.29) is 0 Å². The van der Waals surface area contributed by atoms with Crippen LogP contribution in [0.15, 0.2) is 0 Å². The van der Waals surface area contributed by atoms with E-state index in [9.17, 15) is 25.0 Å². The molecule has 1 aliphatic heterocycles. The van der Waals surface area contributed by atoms with Crippen LogP contribution in [-0.2, 0) is 13.8 Å². The van der Waals surface area contributed by atoms with E-state index in [1.165, 1.54) is 0 Å². The van der Waals surface area contributed by atoms with E-state index in [1.807, 2.05) is 0 Å². The van der Waals surface area contributed by atoms with Crippen LogP contribution in [0.5, 0.6) is 0 Å². The molecule has 0 aliphatic carbocycles. The number of phosphoric acid groups is 1. The summed E-state index contributed by atoms with van der Waals surface area (Å²) >= 11 is 0. The molecule has 0 amide bonds. The van der Waals surface area contributed by atoms with Crippen LogP contribution in [0.3, 0.4) is 0 Å². The molecule has 10 heteroatoms. The molecule has 1 heterocycles. The predicted octanol–water partition coefficient (Wildman–Crippen LogP) is -2.71. The van der Waals surface area contributed by atoms with Crippen molar-refractivity contribution >= 4 is 7.82 Å². The van der Waals surface area contributed by atoms with E-state index >= 15 is 0 Å². The SMILES string of the molecule is C[C@]1(O)O[C@H](COP(=O)(O)O)[C@@H](O)[C@H](O)[C@H]1O. The van der Waals surface area contributed by atoms with Gasteiger partial charge in [-0.3, -0.25) is 4.52 Å². The highest BCUT2D eigenvalue weighted by molar-refractivity contribution is 7.46. The summed E-state index contributed by atoms with van der Waals surface area (Å²) in [6.07, 6.45) is -6.49. The number of hydrogen-bond acceptors (Lipinski definition) is 7. The molecule has 0 saturated carbocycles. The topological polar surface area (TPSA) is 157 Å². The molecule has 0 unspecified atom stereocenters. The highest BCUT2D eigenvalue weighted by Crippen LogP contribution is 2.37. The number of aliphatic hydroxyl groups excluding tert-OH is 3. The summed E-state index contributed by atoms with van der Waals surface area (Å²) in [7, 11) is -4.75. The zero-order valence-electron chi connectivity index (χ0n) is 8.87. The number of phosphoric ester groups is 1. The molecule has 102 valence electrons. The molecule has 1 fully saturated rings. The van der Waals surface area contributed by atoms with E-state index in [1.54, 1.807) is 0 Å². The smallest absolute Gasteiger partial charge is 0.387 e. The second-order valence-electron chi connectivity index (χ2n) is 3.92. The van der Waals surface area contributed by atoms with Crippen molar-refractivity contribution in [3.05, 3.63) is 0 Å². The molecular formula is C7H15O9P. The quantitative estimate of drug-likeness (QED) is 0.301. The van der Waals surface area contributed by atoms with Crippen molar-refractivity contribution in [2.75, 3.05) is 6.61 Å². The Kier molecular flexibility index (Phi) is 4.30. The molecule has 0 radical (unpaired) electrons. The molecule has 0 aromatic rings. The van der Waals surface area contributed by atoms with Crippen molar-refractivity contribution in [3.8, 4) is 0 Å². The second-order valence-corrected chi connectivity index (χ2v) is 5.16. The molecule has 1 aliphatic rings. The van der Waals surface area contributed by atoms with Crippen molar-refractivity contribution in [1.82, 2.24) is 0 Å². The average Bonchev–Trinajstić information content (AvgIpc) is 2.17. The summed E-state index contributed by atoms with van der Waals surface area (Å²) in [5.41, 5.74) is 0. The van der Waals surface area contributed by atoms with E-state index in [0.717, 1.165) is 6.92 Å². The summed E-state index contributed by atoms with van der Waals surface area (Å²) in [4.78, 5) is 16.9. The predicted molar refractivity (Wildman–Crippen MR) is 51.5 cm³/mol. The minimum Gasteiger partial charge on any atom is -0.387 e. The van der Waals surface area contributed by atoms with Crippen LogP contribution in [0, 0.1) is 0 Å². The van der Waals surface area contributed by atoms with Gasteiger partial charge in [0.15, 0.2) is 5.79 Å². The molecule has 9 nitrogen and oxygen atoms in total. The number of rotatable bonds is 3. The Morgan fingerprint density at radius 3 is 2.29 bits per heavy atom. The first kappa shape index (κ1) is 15.0. The average molecular weight is 274 g/mol. The Bertz CT molecular complexity index is 312. The maximum atomic E-state index is 10.4. The monoisotopic (exact) mass is 274 g/mol. The second kappa shape index (κ2) is 4.88. The lowest BCUT2D eigenvalue weighted by Gasteiger charge is -2.43. The maximum absolute atomic E-state index is 10.4. The molecular weight excluding hydrogens is 259 g/mol.